The Morgan fingerprint density at radius 2 is 1.74 bits per heavy atom. The van der Waals surface area contributed by atoms with Gasteiger partial charge >= 0.3 is 0 Å². The average Bonchev–Trinajstić information content (AvgIpc) is 3.09. The number of carbonyl (C=O) groups excluding carboxylic acids is 1. The van der Waals surface area contributed by atoms with E-state index in [1.54, 1.807) is 42.5 Å². The Morgan fingerprint density at radius 3 is 2.41 bits per heavy atom. The number of likely N-dealkylation sites (tertiary alicyclic amines) is 1. The summed E-state index contributed by atoms with van der Waals surface area (Å²) in [5, 5.41) is 23.2. The van der Waals surface area contributed by atoms with Gasteiger partial charge in [0.05, 0.1) is 17.0 Å². The number of benzene rings is 2. The van der Waals surface area contributed by atoms with Crippen LogP contribution in [0.4, 0.5) is 0 Å². The number of hydrogen-bond acceptors (Lipinski definition) is 8. The first-order valence-electron chi connectivity index (χ1n) is 16.1. The van der Waals surface area contributed by atoms with Crippen molar-refractivity contribution in [3.63, 3.8) is 0 Å². The van der Waals surface area contributed by atoms with E-state index in [2.05, 4.69) is 39.2 Å². The van der Waals surface area contributed by atoms with Gasteiger partial charge in [0.2, 0.25) is 0 Å². The third kappa shape index (κ3) is 7.36. The van der Waals surface area contributed by atoms with Crippen molar-refractivity contribution < 1.29 is 19.4 Å². The highest BCUT2D eigenvalue weighted by molar-refractivity contribution is 5.95. The molecular weight excluding hydrogens is 582 g/mol. The van der Waals surface area contributed by atoms with E-state index in [9.17, 15) is 14.7 Å². The Bertz CT molecular complexity index is 1670. The smallest absolute Gasteiger partial charge is 0.254 e. The average molecular weight is 624 g/mol. The second kappa shape index (κ2) is 14.4. The van der Waals surface area contributed by atoms with Crippen LogP contribution < -0.4 is 15.6 Å². The molecule has 1 amide bonds. The molecule has 2 aromatic carbocycles. The third-order valence-electron chi connectivity index (χ3n) is 8.94. The summed E-state index contributed by atoms with van der Waals surface area (Å²) in [4.78, 5) is 31.1. The molecule has 2 fully saturated rings. The zero-order valence-electron chi connectivity index (χ0n) is 26.3. The van der Waals surface area contributed by atoms with E-state index in [0.29, 0.717) is 28.8 Å². The Labute approximate surface area is 268 Å². The highest BCUT2D eigenvalue weighted by atomic mass is 16.5. The van der Waals surface area contributed by atoms with Gasteiger partial charge in [-0.25, -0.2) is 0 Å². The lowest BCUT2D eigenvalue weighted by Gasteiger charge is -2.39. The number of ether oxygens (including phenoxy) is 2. The summed E-state index contributed by atoms with van der Waals surface area (Å²) in [5.41, 5.74) is 3.11. The molecule has 2 saturated heterocycles. The van der Waals surface area contributed by atoms with Crippen molar-refractivity contribution in [1.82, 2.24) is 25.4 Å². The molecule has 4 aromatic rings. The van der Waals surface area contributed by atoms with Crippen LogP contribution >= 0.6 is 0 Å². The van der Waals surface area contributed by atoms with Crippen LogP contribution in [-0.2, 0) is 4.74 Å². The molecule has 0 aliphatic carbocycles. The van der Waals surface area contributed by atoms with E-state index in [4.69, 9.17) is 9.47 Å². The van der Waals surface area contributed by atoms with Crippen LogP contribution in [0.5, 0.6) is 11.5 Å². The van der Waals surface area contributed by atoms with Crippen molar-refractivity contribution in [2.24, 2.45) is 0 Å². The molecule has 1 unspecified atom stereocenters. The number of aliphatic hydroxyl groups is 1. The first-order chi connectivity index (χ1) is 22.4. The van der Waals surface area contributed by atoms with Crippen LogP contribution in [0.1, 0.15) is 78.7 Å². The lowest BCUT2D eigenvalue weighted by molar-refractivity contribution is 0.0238. The number of amides is 1. The van der Waals surface area contributed by atoms with Crippen LogP contribution in [-0.4, -0.2) is 69.5 Å². The van der Waals surface area contributed by atoms with Gasteiger partial charge in [0.25, 0.3) is 11.5 Å². The van der Waals surface area contributed by atoms with Gasteiger partial charge in [0.1, 0.15) is 17.6 Å². The van der Waals surface area contributed by atoms with Gasteiger partial charge in [-0.15, -0.1) is 0 Å². The largest absolute Gasteiger partial charge is 0.457 e. The lowest BCUT2D eigenvalue weighted by atomic mass is 9.98. The number of pyridine rings is 1. The summed E-state index contributed by atoms with van der Waals surface area (Å²) >= 11 is 0. The molecule has 0 radical (unpaired) electrons. The number of hydrogen-bond donors (Lipinski definition) is 3. The zero-order valence-corrected chi connectivity index (χ0v) is 26.3. The van der Waals surface area contributed by atoms with E-state index in [1.165, 1.54) is 6.20 Å². The number of nitrogens with zero attached hydrogens (tertiary/aromatic N) is 3. The predicted octanol–water partition coefficient (Wildman–Crippen LogP) is 5.20. The molecule has 0 spiro atoms. The molecule has 2 aliphatic rings. The van der Waals surface area contributed by atoms with Gasteiger partial charge in [0.15, 0.2) is 0 Å². The topological polar surface area (TPSA) is 130 Å². The minimum absolute atomic E-state index is 0.0753. The Kier molecular flexibility index (Phi) is 9.87. The van der Waals surface area contributed by atoms with Crippen molar-refractivity contribution in [3.05, 3.63) is 106 Å². The van der Waals surface area contributed by atoms with Crippen LogP contribution in [0.2, 0.25) is 0 Å². The molecule has 10 nitrogen and oxygen atoms in total. The van der Waals surface area contributed by atoms with E-state index >= 15 is 0 Å². The van der Waals surface area contributed by atoms with Gasteiger partial charge in [-0.05, 0) is 92.3 Å². The Morgan fingerprint density at radius 1 is 0.978 bits per heavy atom. The first kappa shape index (κ1) is 31.6. The minimum Gasteiger partial charge on any atom is -0.457 e. The molecule has 0 saturated carbocycles. The van der Waals surface area contributed by atoms with E-state index in [0.717, 1.165) is 68.9 Å². The van der Waals surface area contributed by atoms with Crippen molar-refractivity contribution in [2.75, 3.05) is 26.3 Å². The number of aromatic amines is 1. The Hall–Kier alpha value is -4.38. The molecule has 10 heteroatoms. The number of carbonyl (C=O) groups is 1. The standard InChI is InChI=1S/C36H41N5O5/c1-23(2)31-11-12-32(40-39-31)24-5-8-28(9-6-24)46-33-22-25(7-10-29(33)34(42)30-4-3-17-37-36(30)44)35(43)38-26-13-18-41(19-14-26)27-15-20-45-21-16-27/h3-12,17,22-23,26-27,34,42H,13-16,18-21H2,1-2H3,(H,37,44)(H,38,43). The molecule has 0 bridgehead atoms. The van der Waals surface area contributed by atoms with Crippen LogP contribution in [0.25, 0.3) is 11.3 Å². The van der Waals surface area contributed by atoms with Gasteiger partial charge in [-0.2, -0.15) is 10.2 Å². The fourth-order valence-corrected chi connectivity index (χ4v) is 6.16. The van der Waals surface area contributed by atoms with Crippen LogP contribution in [0, 0.1) is 0 Å². The molecule has 6 rings (SSSR count). The number of H-pyrrole nitrogens is 1. The van der Waals surface area contributed by atoms with Gasteiger partial charge < -0.3 is 29.8 Å². The molecule has 46 heavy (non-hydrogen) atoms. The number of rotatable bonds is 9. The normalized spacial score (nSPS) is 17.1. The third-order valence-corrected chi connectivity index (χ3v) is 8.94. The maximum atomic E-state index is 13.4. The van der Waals surface area contributed by atoms with Crippen LogP contribution in [0.3, 0.4) is 0 Å². The van der Waals surface area contributed by atoms with Gasteiger partial charge in [-0.1, -0.05) is 19.9 Å². The minimum atomic E-state index is -1.26. The zero-order chi connectivity index (χ0) is 32.0. The monoisotopic (exact) mass is 623 g/mol. The van der Waals surface area contributed by atoms with Crippen molar-refractivity contribution >= 4 is 5.91 Å². The second-order valence-electron chi connectivity index (χ2n) is 12.4. The van der Waals surface area contributed by atoms with Crippen LogP contribution in [0.15, 0.2) is 77.7 Å². The van der Waals surface area contributed by atoms with Gasteiger partial charge in [0, 0.05) is 61.3 Å². The Balaban J connectivity index is 1.20. The highest BCUT2D eigenvalue weighted by Crippen LogP contribution is 2.34. The number of aromatic nitrogens is 3. The quantitative estimate of drug-likeness (QED) is 0.232. The summed E-state index contributed by atoms with van der Waals surface area (Å²) in [5.74, 6) is 0.878. The lowest BCUT2D eigenvalue weighted by Crippen LogP contribution is -2.49. The van der Waals surface area contributed by atoms with Crippen molar-refractivity contribution in [3.8, 4) is 22.8 Å². The van der Waals surface area contributed by atoms with E-state index < -0.39 is 11.7 Å². The van der Waals surface area contributed by atoms with Crippen molar-refractivity contribution in [1.29, 1.82) is 0 Å². The number of aliphatic hydroxyl groups excluding tert-OH is 1. The first-order valence-corrected chi connectivity index (χ1v) is 16.1. The summed E-state index contributed by atoms with van der Waals surface area (Å²) in [6.07, 6.45) is 4.15. The summed E-state index contributed by atoms with van der Waals surface area (Å²) in [6, 6.07) is 20.1. The summed E-state index contributed by atoms with van der Waals surface area (Å²) < 4.78 is 11.8. The highest BCUT2D eigenvalue weighted by Gasteiger charge is 2.28. The number of nitrogens with one attached hydrogen (secondary N) is 2. The predicted molar refractivity (Wildman–Crippen MR) is 175 cm³/mol. The van der Waals surface area contributed by atoms with Gasteiger partial charge in [-0.3, -0.25) is 9.59 Å². The molecular formula is C36H41N5O5. The molecule has 240 valence electrons. The van der Waals surface area contributed by atoms with E-state index in [1.807, 2.05) is 24.3 Å². The molecule has 2 aliphatic heterocycles. The maximum absolute atomic E-state index is 13.4. The second-order valence-corrected chi connectivity index (χ2v) is 12.4. The van der Waals surface area contributed by atoms with E-state index in [-0.39, 0.29) is 23.3 Å². The molecule has 3 N–H and O–H groups in total. The van der Waals surface area contributed by atoms with Crippen molar-refractivity contribution in [2.45, 2.75) is 63.6 Å². The molecule has 4 heterocycles. The SMILES string of the molecule is CC(C)c1ccc(-c2ccc(Oc3cc(C(=O)NC4CCN(C5CCOCC5)CC4)ccc3C(O)c3ccc[nH]c3=O)cc2)nn1. The summed E-state index contributed by atoms with van der Waals surface area (Å²) in [7, 11) is 0. The number of piperidine rings is 1. The molecule has 1 atom stereocenters. The summed E-state index contributed by atoms with van der Waals surface area (Å²) in [6.45, 7) is 7.69. The fourth-order valence-electron chi connectivity index (χ4n) is 6.16. The fraction of sp³-hybridized carbons (Fsp3) is 0.389. The maximum Gasteiger partial charge on any atom is 0.254 e. The molecule has 2 aromatic heterocycles.